The Kier molecular flexibility index (Phi) is 4.88. The normalized spacial score (nSPS) is 16.4. The molecule has 0 saturated heterocycles. The molecule has 0 aliphatic heterocycles. The lowest BCUT2D eigenvalue weighted by molar-refractivity contribution is -0.707. The summed E-state index contributed by atoms with van der Waals surface area (Å²) in [5.41, 5.74) is 3.44. The molecule has 0 amide bonds. The molecule has 4 aromatic rings. The van der Waals surface area contributed by atoms with Crippen molar-refractivity contribution in [3.8, 4) is 0 Å². The van der Waals surface area contributed by atoms with Crippen LogP contribution in [0.2, 0.25) is 0 Å². The summed E-state index contributed by atoms with van der Waals surface area (Å²) in [5.74, 6) is -0.261. The maximum Gasteiger partial charge on any atom is 0.416 e. The molecule has 1 atom stereocenters. The van der Waals surface area contributed by atoms with Gasteiger partial charge in [0.15, 0.2) is 12.4 Å². The number of hydrogen-bond donors (Lipinski definition) is 0. The number of alkyl halides is 3. The van der Waals surface area contributed by atoms with Crippen LogP contribution in [0.15, 0.2) is 73.2 Å². The van der Waals surface area contributed by atoms with E-state index in [1.165, 1.54) is 11.6 Å². The first-order chi connectivity index (χ1) is 15.3. The number of nitrogens with zero attached hydrogens (tertiary/aromatic N) is 2. The number of pyridine rings is 1. The first-order valence-corrected chi connectivity index (χ1v) is 10.6. The van der Waals surface area contributed by atoms with Crippen molar-refractivity contribution in [1.82, 2.24) is 4.57 Å². The van der Waals surface area contributed by atoms with Crippen molar-refractivity contribution in [2.24, 2.45) is 0 Å². The maximum absolute atomic E-state index is 13.2. The molecule has 0 bridgehead atoms. The van der Waals surface area contributed by atoms with Gasteiger partial charge in [-0.3, -0.25) is 4.79 Å². The fourth-order valence-corrected chi connectivity index (χ4v) is 4.62. The van der Waals surface area contributed by atoms with Crippen LogP contribution in [0.1, 0.15) is 45.1 Å². The summed E-state index contributed by atoms with van der Waals surface area (Å²) in [4.78, 5) is 13.2. The molecule has 3 nitrogen and oxygen atoms in total. The van der Waals surface area contributed by atoms with Gasteiger partial charge in [-0.15, -0.1) is 0 Å². The van der Waals surface area contributed by atoms with Gasteiger partial charge in [0.05, 0.1) is 16.5 Å². The van der Waals surface area contributed by atoms with Crippen LogP contribution in [0, 0.1) is 6.92 Å². The number of rotatable bonds is 3. The number of carbonyl (C=O) groups is 1. The van der Waals surface area contributed by atoms with E-state index in [2.05, 4.69) is 22.9 Å². The highest BCUT2D eigenvalue weighted by Gasteiger charge is 2.37. The van der Waals surface area contributed by atoms with Gasteiger partial charge < -0.3 is 4.57 Å². The quantitative estimate of drug-likeness (QED) is 0.381. The molecule has 5 rings (SSSR count). The van der Waals surface area contributed by atoms with E-state index in [9.17, 15) is 18.0 Å². The Bertz CT molecular complexity index is 1320. The Morgan fingerprint density at radius 2 is 1.88 bits per heavy atom. The van der Waals surface area contributed by atoms with Gasteiger partial charge in [-0.25, -0.2) is 0 Å². The van der Waals surface area contributed by atoms with Crippen molar-refractivity contribution in [3.63, 3.8) is 0 Å². The number of Topliss-reactive ketones (excluding diaryl/α,β-unsaturated/α-hetero) is 1. The predicted molar refractivity (Wildman–Crippen MR) is 116 cm³/mol. The third-order valence-corrected chi connectivity index (χ3v) is 6.29. The van der Waals surface area contributed by atoms with E-state index in [0.717, 1.165) is 35.1 Å². The van der Waals surface area contributed by atoms with Crippen molar-refractivity contribution in [3.05, 3.63) is 101 Å². The Morgan fingerprint density at radius 1 is 1.09 bits per heavy atom. The van der Waals surface area contributed by atoms with E-state index in [4.69, 9.17) is 0 Å². The molecule has 0 N–H and O–H groups in total. The van der Waals surface area contributed by atoms with Crippen molar-refractivity contribution in [2.45, 2.75) is 38.5 Å². The average molecular weight is 435 g/mol. The van der Waals surface area contributed by atoms with Crippen LogP contribution in [-0.4, -0.2) is 10.4 Å². The summed E-state index contributed by atoms with van der Waals surface area (Å²) in [6.07, 6.45) is 2.58. The van der Waals surface area contributed by atoms with E-state index in [1.807, 2.05) is 48.1 Å². The zero-order valence-electron chi connectivity index (χ0n) is 17.6. The second-order valence-electron chi connectivity index (χ2n) is 8.40. The van der Waals surface area contributed by atoms with Crippen LogP contribution in [-0.2, 0) is 19.1 Å². The molecule has 6 heteroatoms. The lowest BCUT2D eigenvalue weighted by Crippen LogP contribution is -2.45. The largest absolute Gasteiger partial charge is 0.416 e. The number of carbonyl (C=O) groups excluding carboxylic acids is 1. The zero-order valence-corrected chi connectivity index (χ0v) is 17.6. The number of fused-ring (bicyclic) bond motifs is 2. The SMILES string of the molecule is Cc1cn(Cc2ccccc2)c2cc[n+](C3CCc4ccc(C(F)(F)F)cc4C3=O)cc12. The summed E-state index contributed by atoms with van der Waals surface area (Å²) in [5, 5.41) is 1.03. The Hall–Kier alpha value is -3.41. The van der Waals surface area contributed by atoms with Crippen molar-refractivity contribution < 1.29 is 22.5 Å². The lowest BCUT2D eigenvalue weighted by atomic mass is 9.85. The number of ketones is 1. The summed E-state index contributed by atoms with van der Waals surface area (Å²) < 4.78 is 43.5. The Labute approximate surface area is 183 Å². The van der Waals surface area contributed by atoms with E-state index in [1.54, 1.807) is 0 Å². The highest BCUT2D eigenvalue weighted by molar-refractivity contribution is 6.00. The molecular formula is C26H22F3N2O+. The van der Waals surface area contributed by atoms with Crippen molar-refractivity contribution >= 4 is 16.7 Å². The topological polar surface area (TPSA) is 25.9 Å². The number of aromatic nitrogens is 2. The second-order valence-corrected chi connectivity index (χ2v) is 8.40. The number of hydrogen-bond acceptors (Lipinski definition) is 1. The van der Waals surface area contributed by atoms with E-state index in [0.29, 0.717) is 18.4 Å². The molecule has 2 aromatic heterocycles. The fourth-order valence-electron chi connectivity index (χ4n) is 4.62. The summed E-state index contributed by atoms with van der Waals surface area (Å²) in [6, 6.07) is 15.2. The molecule has 0 saturated carbocycles. The fraction of sp³-hybridized carbons (Fsp3) is 0.231. The molecule has 2 heterocycles. The van der Waals surface area contributed by atoms with Crippen LogP contribution < -0.4 is 4.57 Å². The van der Waals surface area contributed by atoms with E-state index < -0.39 is 17.8 Å². The maximum atomic E-state index is 13.2. The van der Waals surface area contributed by atoms with Crippen LogP contribution in [0.4, 0.5) is 13.2 Å². The van der Waals surface area contributed by atoms with Crippen LogP contribution in [0.25, 0.3) is 10.9 Å². The van der Waals surface area contributed by atoms with Crippen molar-refractivity contribution in [1.29, 1.82) is 0 Å². The molecule has 0 fully saturated rings. The van der Waals surface area contributed by atoms with E-state index in [-0.39, 0.29) is 11.3 Å². The third-order valence-electron chi connectivity index (χ3n) is 6.29. The lowest BCUT2D eigenvalue weighted by Gasteiger charge is -2.21. The molecule has 32 heavy (non-hydrogen) atoms. The van der Waals surface area contributed by atoms with Gasteiger partial charge in [0.25, 0.3) is 0 Å². The van der Waals surface area contributed by atoms with Gasteiger partial charge in [-0.1, -0.05) is 36.4 Å². The molecule has 1 aliphatic rings. The summed E-state index contributed by atoms with van der Waals surface area (Å²) in [6.45, 7) is 2.77. The van der Waals surface area contributed by atoms with E-state index >= 15 is 0 Å². The minimum atomic E-state index is -4.47. The van der Waals surface area contributed by atoms with Crippen molar-refractivity contribution in [2.75, 3.05) is 0 Å². The van der Waals surface area contributed by atoms with Crippen LogP contribution >= 0.6 is 0 Å². The smallest absolute Gasteiger partial charge is 0.342 e. The van der Waals surface area contributed by atoms with Gasteiger partial charge >= 0.3 is 6.18 Å². The van der Waals surface area contributed by atoms with Crippen LogP contribution in [0.3, 0.4) is 0 Å². The molecule has 1 unspecified atom stereocenters. The average Bonchev–Trinajstić information content (AvgIpc) is 3.08. The highest BCUT2D eigenvalue weighted by atomic mass is 19.4. The minimum absolute atomic E-state index is 0.182. The summed E-state index contributed by atoms with van der Waals surface area (Å²) in [7, 11) is 0. The first kappa shape index (κ1) is 20.5. The minimum Gasteiger partial charge on any atom is -0.342 e. The van der Waals surface area contributed by atoms with Gasteiger partial charge in [-0.2, -0.15) is 17.7 Å². The van der Waals surface area contributed by atoms with Gasteiger partial charge in [0.2, 0.25) is 11.8 Å². The van der Waals surface area contributed by atoms with Gasteiger partial charge in [0, 0.05) is 30.8 Å². The highest BCUT2D eigenvalue weighted by Crippen LogP contribution is 2.34. The van der Waals surface area contributed by atoms with Gasteiger partial charge in [-0.05, 0) is 42.2 Å². The molecule has 0 radical (unpaired) electrons. The Morgan fingerprint density at radius 3 is 2.62 bits per heavy atom. The predicted octanol–water partition coefficient (Wildman–Crippen LogP) is 5.67. The van der Waals surface area contributed by atoms with Crippen LogP contribution in [0.5, 0.6) is 0 Å². The third kappa shape index (κ3) is 3.60. The molecule has 0 spiro atoms. The number of aryl methyl sites for hydroxylation is 2. The molecule has 162 valence electrons. The molecular weight excluding hydrogens is 413 g/mol. The second kappa shape index (κ2) is 7.62. The molecule has 2 aromatic carbocycles. The standard InChI is InChI=1S/C26H22F3N2O/c1-17-14-31(15-18-5-3-2-4-6-18)23-11-12-30(16-22(17)23)24-10-8-19-7-9-20(26(27,28)29)13-21(19)25(24)32/h2-7,9,11-14,16,24H,8,10,15H2,1H3/q+1. The number of halogens is 3. The monoisotopic (exact) mass is 435 g/mol. The first-order valence-electron chi connectivity index (χ1n) is 10.6. The zero-order chi connectivity index (χ0) is 22.5. The molecule has 1 aliphatic carbocycles. The Balaban J connectivity index is 1.49. The van der Waals surface area contributed by atoms with Gasteiger partial charge in [0.1, 0.15) is 0 Å². The summed E-state index contributed by atoms with van der Waals surface area (Å²) >= 11 is 0. The number of benzene rings is 2.